The van der Waals surface area contributed by atoms with E-state index in [0.29, 0.717) is 17.5 Å². The highest BCUT2D eigenvalue weighted by atomic mass is 16.5. The van der Waals surface area contributed by atoms with Crippen LogP contribution in [0, 0.1) is 23.7 Å². The van der Waals surface area contributed by atoms with Gasteiger partial charge in [-0.25, -0.2) is 0 Å². The van der Waals surface area contributed by atoms with Crippen LogP contribution in [-0.4, -0.2) is 22.9 Å². The zero-order valence-corrected chi connectivity index (χ0v) is 12.0. The molecule has 0 heterocycles. The maximum absolute atomic E-state index is 10.8. The summed E-state index contributed by atoms with van der Waals surface area (Å²) in [6.07, 6.45) is 0.382. The highest BCUT2D eigenvalue weighted by molar-refractivity contribution is 5.99. The lowest BCUT2D eigenvalue weighted by Gasteiger charge is -2.11. The topological polar surface area (TPSA) is 94.2 Å². The van der Waals surface area contributed by atoms with Crippen molar-refractivity contribution in [2.24, 2.45) is 5.92 Å². The third kappa shape index (κ3) is 4.84. The van der Waals surface area contributed by atoms with E-state index in [0.717, 1.165) is 5.56 Å². The fourth-order valence-corrected chi connectivity index (χ4v) is 1.76. The second-order valence-electron chi connectivity index (χ2n) is 5.16. The largest absolute Gasteiger partial charge is 0.481 e. The minimum Gasteiger partial charge on any atom is -0.481 e. The predicted octanol–water partition coefficient (Wildman–Crippen LogP) is 2.99. The first kappa shape index (κ1) is 15.9. The molecule has 3 N–H and O–H groups in total. The van der Waals surface area contributed by atoms with Gasteiger partial charge in [0.05, 0.1) is 6.42 Å². The van der Waals surface area contributed by atoms with Gasteiger partial charge in [0, 0.05) is 12.0 Å². The van der Waals surface area contributed by atoms with Gasteiger partial charge in [-0.1, -0.05) is 19.9 Å². The van der Waals surface area contributed by atoms with Crippen molar-refractivity contribution < 1.29 is 14.6 Å². The van der Waals surface area contributed by atoms with Gasteiger partial charge in [0.25, 0.3) is 0 Å². The summed E-state index contributed by atoms with van der Waals surface area (Å²) in [6.45, 7) is 5.77. The lowest BCUT2D eigenvalue weighted by Crippen LogP contribution is -2.14. The van der Waals surface area contributed by atoms with Crippen molar-refractivity contribution in [2.75, 3.05) is 0 Å². The van der Waals surface area contributed by atoms with Crippen LogP contribution in [0.4, 0.5) is 0 Å². The molecule has 108 valence electrons. The lowest BCUT2D eigenvalue weighted by atomic mass is 10.0. The zero-order chi connectivity index (χ0) is 15.3. The van der Waals surface area contributed by atoms with Crippen molar-refractivity contribution in [3.63, 3.8) is 0 Å². The molecule has 0 saturated carbocycles. The Balaban J connectivity index is 2.83. The van der Waals surface area contributed by atoms with Crippen LogP contribution in [0.15, 0.2) is 18.2 Å². The second kappa shape index (κ2) is 6.84. The van der Waals surface area contributed by atoms with Crippen molar-refractivity contribution in [3.8, 4) is 0 Å². The van der Waals surface area contributed by atoms with Crippen molar-refractivity contribution in [1.29, 1.82) is 10.8 Å². The zero-order valence-electron chi connectivity index (χ0n) is 12.0. The molecule has 1 aromatic rings. The fourth-order valence-electron chi connectivity index (χ4n) is 1.76. The standard InChI is InChI=1S/C15H20N2O3/c1-9(2)6-13(16)20-15(17)11-5-4-10(3)12(7-11)8-14(18)19/h4-5,7,9,16-17H,6,8H2,1-3H3,(H,18,19). The Kier molecular flexibility index (Phi) is 5.43. The van der Waals surface area contributed by atoms with Crippen LogP contribution in [0.1, 0.15) is 37.0 Å². The summed E-state index contributed by atoms with van der Waals surface area (Å²) in [5.74, 6) is -0.700. The van der Waals surface area contributed by atoms with E-state index in [1.54, 1.807) is 18.2 Å². The maximum Gasteiger partial charge on any atom is 0.307 e. The summed E-state index contributed by atoms with van der Waals surface area (Å²) in [5, 5.41) is 24.3. The smallest absolute Gasteiger partial charge is 0.307 e. The number of aliphatic carboxylic acids is 1. The van der Waals surface area contributed by atoms with Crippen LogP contribution in [-0.2, 0) is 16.0 Å². The molecule has 0 radical (unpaired) electrons. The van der Waals surface area contributed by atoms with Crippen LogP contribution in [0.5, 0.6) is 0 Å². The van der Waals surface area contributed by atoms with Crippen LogP contribution >= 0.6 is 0 Å². The number of carboxylic acid groups (broad SMARTS) is 1. The fraction of sp³-hybridized carbons (Fsp3) is 0.400. The second-order valence-corrected chi connectivity index (χ2v) is 5.16. The van der Waals surface area contributed by atoms with Gasteiger partial charge in [-0.05, 0) is 36.1 Å². The average molecular weight is 276 g/mol. The predicted molar refractivity (Wildman–Crippen MR) is 77.6 cm³/mol. The van der Waals surface area contributed by atoms with E-state index in [1.165, 1.54) is 0 Å². The Morgan fingerprint density at radius 3 is 2.55 bits per heavy atom. The van der Waals surface area contributed by atoms with E-state index >= 15 is 0 Å². The minimum absolute atomic E-state index is 0.0466. The molecule has 0 atom stereocenters. The third-order valence-electron chi connectivity index (χ3n) is 2.77. The molecule has 0 aliphatic heterocycles. The number of nitrogens with one attached hydrogen (secondary N) is 2. The van der Waals surface area contributed by atoms with E-state index in [-0.39, 0.29) is 24.1 Å². The number of carboxylic acids is 1. The van der Waals surface area contributed by atoms with E-state index in [4.69, 9.17) is 20.7 Å². The molecule has 5 nitrogen and oxygen atoms in total. The molecule has 0 fully saturated rings. The highest BCUT2D eigenvalue weighted by Gasteiger charge is 2.11. The van der Waals surface area contributed by atoms with Crippen LogP contribution in [0.25, 0.3) is 0 Å². The number of ether oxygens (including phenoxy) is 1. The van der Waals surface area contributed by atoms with E-state index < -0.39 is 5.97 Å². The summed E-state index contributed by atoms with van der Waals surface area (Å²) in [6, 6.07) is 5.09. The summed E-state index contributed by atoms with van der Waals surface area (Å²) < 4.78 is 5.17. The van der Waals surface area contributed by atoms with Gasteiger partial charge in [0.2, 0.25) is 5.90 Å². The Morgan fingerprint density at radius 1 is 1.35 bits per heavy atom. The van der Waals surface area contributed by atoms with E-state index in [2.05, 4.69) is 0 Å². The Morgan fingerprint density at radius 2 is 2.00 bits per heavy atom. The summed E-state index contributed by atoms with van der Waals surface area (Å²) in [5.41, 5.74) is 2.00. The van der Waals surface area contributed by atoms with Gasteiger partial charge in [-0.3, -0.25) is 15.6 Å². The molecule has 0 unspecified atom stereocenters. The van der Waals surface area contributed by atoms with E-state index in [9.17, 15) is 4.79 Å². The SMILES string of the molecule is Cc1ccc(C(=N)OC(=N)CC(C)C)cc1CC(=O)O. The quantitative estimate of drug-likeness (QED) is 0.570. The molecule has 0 bridgehead atoms. The minimum atomic E-state index is -0.912. The molecule has 20 heavy (non-hydrogen) atoms. The molecule has 0 amide bonds. The molecule has 0 aliphatic carbocycles. The van der Waals surface area contributed by atoms with Gasteiger partial charge >= 0.3 is 5.97 Å². The van der Waals surface area contributed by atoms with Crippen molar-refractivity contribution >= 4 is 17.8 Å². The van der Waals surface area contributed by atoms with Crippen molar-refractivity contribution in [1.82, 2.24) is 0 Å². The molecule has 5 heteroatoms. The number of carbonyl (C=O) groups is 1. The van der Waals surface area contributed by atoms with Gasteiger partial charge in [-0.15, -0.1) is 0 Å². The normalized spacial score (nSPS) is 10.4. The third-order valence-corrected chi connectivity index (χ3v) is 2.77. The Bertz CT molecular complexity index is 536. The molecule has 0 aromatic heterocycles. The Hall–Kier alpha value is -2.17. The maximum atomic E-state index is 10.8. The lowest BCUT2D eigenvalue weighted by molar-refractivity contribution is -0.136. The summed E-state index contributed by atoms with van der Waals surface area (Å²) in [4.78, 5) is 10.8. The highest BCUT2D eigenvalue weighted by Crippen LogP contribution is 2.14. The van der Waals surface area contributed by atoms with Crippen LogP contribution in [0.3, 0.4) is 0 Å². The van der Waals surface area contributed by atoms with Crippen molar-refractivity contribution in [2.45, 2.75) is 33.6 Å². The first-order chi connectivity index (χ1) is 9.29. The summed E-state index contributed by atoms with van der Waals surface area (Å²) in [7, 11) is 0. The first-order valence-corrected chi connectivity index (χ1v) is 6.45. The van der Waals surface area contributed by atoms with Crippen molar-refractivity contribution in [3.05, 3.63) is 34.9 Å². The Labute approximate surface area is 118 Å². The molecular formula is C15H20N2O3. The number of hydrogen-bond donors (Lipinski definition) is 3. The molecule has 1 aromatic carbocycles. The number of aryl methyl sites for hydroxylation is 1. The van der Waals surface area contributed by atoms with E-state index in [1.807, 2.05) is 20.8 Å². The molecule has 1 rings (SSSR count). The van der Waals surface area contributed by atoms with Gasteiger partial charge in [0.15, 0.2) is 5.90 Å². The monoisotopic (exact) mass is 276 g/mol. The average Bonchev–Trinajstić information content (AvgIpc) is 2.29. The molecule has 0 saturated heterocycles. The number of rotatable bonds is 5. The van der Waals surface area contributed by atoms with Gasteiger partial charge in [0.1, 0.15) is 0 Å². The van der Waals surface area contributed by atoms with Crippen LogP contribution < -0.4 is 0 Å². The van der Waals surface area contributed by atoms with Crippen LogP contribution in [0.2, 0.25) is 0 Å². The molecular weight excluding hydrogens is 256 g/mol. The number of hydrogen-bond acceptors (Lipinski definition) is 4. The van der Waals surface area contributed by atoms with Gasteiger partial charge in [-0.2, -0.15) is 0 Å². The molecule has 0 aliphatic rings. The molecule has 0 spiro atoms. The number of benzene rings is 1. The first-order valence-electron chi connectivity index (χ1n) is 6.45. The van der Waals surface area contributed by atoms with Gasteiger partial charge < -0.3 is 9.84 Å². The summed E-state index contributed by atoms with van der Waals surface area (Å²) >= 11 is 0.